The molecule has 2 aliphatic rings. The first-order chi connectivity index (χ1) is 9.24. The average molecular weight is 259 g/mol. The van der Waals surface area contributed by atoms with Gasteiger partial charge in [-0.1, -0.05) is 6.07 Å². The van der Waals surface area contributed by atoms with Crippen LogP contribution >= 0.6 is 0 Å². The van der Waals surface area contributed by atoms with E-state index in [-0.39, 0.29) is 17.9 Å². The Kier molecular flexibility index (Phi) is 3.11. The molecule has 1 atom stereocenters. The lowest BCUT2D eigenvalue weighted by Gasteiger charge is -2.21. The highest BCUT2D eigenvalue weighted by atomic mass is 16.2. The van der Waals surface area contributed by atoms with Crippen molar-refractivity contribution < 1.29 is 9.59 Å². The van der Waals surface area contributed by atoms with E-state index < -0.39 is 0 Å². The molecule has 1 fully saturated rings. The Hall–Kier alpha value is -2.04. The molecule has 5 heteroatoms. The highest BCUT2D eigenvalue weighted by molar-refractivity contribution is 5.98. The van der Waals surface area contributed by atoms with Crippen molar-refractivity contribution in [3.05, 3.63) is 29.3 Å². The maximum atomic E-state index is 12.3. The second kappa shape index (κ2) is 4.91. The van der Waals surface area contributed by atoms with Crippen LogP contribution < -0.4 is 16.0 Å². The van der Waals surface area contributed by atoms with E-state index >= 15 is 0 Å². The lowest BCUT2D eigenvalue weighted by Crippen LogP contribution is -2.37. The Morgan fingerprint density at radius 1 is 1.32 bits per heavy atom. The van der Waals surface area contributed by atoms with Gasteiger partial charge in [0, 0.05) is 30.8 Å². The van der Waals surface area contributed by atoms with Crippen molar-refractivity contribution >= 4 is 17.5 Å². The van der Waals surface area contributed by atoms with Gasteiger partial charge < -0.3 is 16.0 Å². The van der Waals surface area contributed by atoms with E-state index in [0.717, 1.165) is 36.2 Å². The van der Waals surface area contributed by atoms with Crippen LogP contribution in [0.1, 0.15) is 28.8 Å². The van der Waals surface area contributed by atoms with Gasteiger partial charge in [0.25, 0.3) is 5.91 Å². The van der Waals surface area contributed by atoms with Crippen molar-refractivity contribution in [1.82, 2.24) is 10.6 Å². The van der Waals surface area contributed by atoms with Crippen molar-refractivity contribution in [3.8, 4) is 0 Å². The first-order valence-electron chi connectivity index (χ1n) is 6.67. The van der Waals surface area contributed by atoms with E-state index in [4.69, 9.17) is 0 Å². The zero-order chi connectivity index (χ0) is 13.2. The number of amides is 2. The average Bonchev–Trinajstić information content (AvgIpc) is 2.83. The van der Waals surface area contributed by atoms with Crippen LogP contribution in [0.3, 0.4) is 0 Å². The molecular formula is C14H17N3O2. The van der Waals surface area contributed by atoms with E-state index in [1.165, 1.54) is 0 Å². The zero-order valence-corrected chi connectivity index (χ0v) is 10.7. The molecule has 2 amide bonds. The first kappa shape index (κ1) is 12.0. The fraction of sp³-hybridized carbons (Fsp3) is 0.429. The third-order valence-corrected chi connectivity index (χ3v) is 3.65. The van der Waals surface area contributed by atoms with Crippen LogP contribution in [0.25, 0.3) is 0 Å². The standard InChI is InChI=1S/C14H17N3O2/c18-13-7-9(8-16-13)17-14(19)11-3-1-5-12-10(11)4-2-6-15-12/h1,3,5,9,15H,2,4,6-8H2,(H,16,18)(H,17,19). The molecule has 3 N–H and O–H groups in total. The van der Waals surface area contributed by atoms with Crippen molar-refractivity contribution in [3.63, 3.8) is 0 Å². The first-order valence-corrected chi connectivity index (χ1v) is 6.67. The quantitative estimate of drug-likeness (QED) is 0.731. The Bertz CT molecular complexity index is 527. The number of anilines is 1. The second-order valence-electron chi connectivity index (χ2n) is 5.04. The predicted octanol–water partition coefficient (Wildman–Crippen LogP) is 0.663. The molecule has 0 radical (unpaired) electrons. The van der Waals surface area contributed by atoms with Crippen LogP contribution in [-0.2, 0) is 11.2 Å². The highest BCUT2D eigenvalue weighted by Crippen LogP contribution is 2.25. The van der Waals surface area contributed by atoms with E-state index in [2.05, 4.69) is 16.0 Å². The van der Waals surface area contributed by atoms with Gasteiger partial charge in [-0.3, -0.25) is 9.59 Å². The molecule has 0 saturated carbocycles. The maximum absolute atomic E-state index is 12.3. The van der Waals surface area contributed by atoms with E-state index in [9.17, 15) is 9.59 Å². The highest BCUT2D eigenvalue weighted by Gasteiger charge is 2.25. The molecule has 5 nitrogen and oxygen atoms in total. The van der Waals surface area contributed by atoms with E-state index in [1.807, 2.05) is 18.2 Å². The summed E-state index contributed by atoms with van der Waals surface area (Å²) in [5.41, 5.74) is 2.87. The van der Waals surface area contributed by atoms with Gasteiger partial charge in [0.1, 0.15) is 0 Å². The maximum Gasteiger partial charge on any atom is 0.251 e. The minimum Gasteiger partial charge on any atom is -0.385 e. The molecule has 100 valence electrons. The molecule has 0 aliphatic carbocycles. The monoisotopic (exact) mass is 259 g/mol. The van der Waals surface area contributed by atoms with Crippen molar-refractivity contribution in [2.45, 2.75) is 25.3 Å². The van der Waals surface area contributed by atoms with Crippen molar-refractivity contribution in [1.29, 1.82) is 0 Å². The number of hydrogen-bond donors (Lipinski definition) is 3. The minimum atomic E-state index is -0.0904. The number of hydrogen-bond acceptors (Lipinski definition) is 3. The Labute approximate surface area is 111 Å². The summed E-state index contributed by atoms with van der Waals surface area (Å²) >= 11 is 0. The number of benzene rings is 1. The number of nitrogens with one attached hydrogen (secondary N) is 3. The van der Waals surface area contributed by atoms with Crippen LogP contribution in [0.2, 0.25) is 0 Å². The predicted molar refractivity (Wildman–Crippen MR) is 72.1 cm³/mol. The van der Waals surface area contributed by atoms with Crippen molar-refractivity contribution in [2.75, 3.05) is 18.4 Å². The molecule has 0 spiro atoms. The van der Waals surface area contributed by atoms with E-state index in [0.29, 0.717) is 13.0 Å². The Morgan fingerprint density at radius 3 is 3.00 bits per heavy atom. The molecule has 1 unspecified atom stereocenters. The van der Waals surface area contributed by atoms with E-state index in [1.54, 1.807) is 0 Å². The Balaban J connectivity index is 1.78. The van der Waals surface area contributed by atoms with Gasteiger partial charge in [0.15, 0.2) is 0 Å². The summed E-state index contributed by atoms with van der Waals surface area (Å²) in [6, 6.07) is 5.66. The molecule has 0 bridgehead atoms. The molecule has 2 heterocycles. The SMILES string of the molecule is O=C1CC(NC(=O)c2cccc3c2CCCN3)CN1. The van der Waals surface area contributed by atoms with Crippen LogP contribution in [0.5, 0.6) is 0 Å². The summed E-state index contributed by atoms with van der Waals surface area (Å²) in [4.78, 5) is 23.4. The minimum absolute atomic E-state index is 0.00190. The van der Waals surface area contributed by atoms with Crippen LogP contribution in [0.4, 0.5) is 5.69 Å². The van der Waals surface area contributed by atoms with Crippen LogP contribution in [0, 0.1) is 0 Å². The fourth-order valence-corrected chi connectivity index (χ4v) is 2.69. The zero-order valence-electron chi connectivity index (χ0n) is 10.7. The number of fused-ring (bicyclic) bond motifs is 1. The molecule has 1 aromatic rings. The molecule has 1 saturated heterocycles. The Morgan fingerprint density at radius 2 is 2.21 bits per heavy atom. The van der Waals surface area contributed by atoms with Gasteiger partial charge in [-0.05, 0) is 30.5 Å². The van der Waals surface area contributed by atoms with Crippen LogP contribution in [0.15, 0.2) is 18.2 Å². The van der Waals surface area contributed by atoms with Gasteiger partial charge in [-0.25, -0.2) is 0 Å². The summed E-state index contributed by atoms with van der Waals surface area (Å²) < 4.78 is 0. The van der Waals surface area contributed by atoms with Gasteiger partial charge in [0.2, 0.25) is 5.91 Å². The van der Waals surface area contributed by atoms with Crippen LogP contribution in [-0.4, -0.2) is 30.9 Å². The fourth-order valence-electron chi connectivity index (χ4n) is 2.69. The third-order valence-electron chi connectivity index (χ3n) is 3.65. The van der Waals surface area contributed by atoms with Gasteiger partial charge in [-0.2, -0.15) is 0 Å². The molecule has 2 aliphatic heterocycles. The van der Waals surface area contributed by atoms with Crippen molar-refractivity contribution in [2.24, 2.45) is 0 Å². The summed E-state index contributed by atoms with van der Waals surface area (Å²) in [6.07, 6.45) is 2.34. The largest absolute Gasteiger partial charge is 0.385 e. The molecule has 0 aromatic heterocycles. The van der Waals surface area contributed by atoms with Gasteiger partial charge in [-0.15, -0.1) is 0 Å². The lowest BCUT2D eigenvalue weighted by molar-refractivity contribution is -0.119. The van der Waals surface area contributed by atoms with Gasteiger partial charge >= 0.3 is 0 Å². The van der Waals surface area contributed by atoms with Gasteiger partial charge in [0.05, 0.1) is 6.04 Å². The summed E-state index contributed by atoms with van der Waals surface area (Å²) in [5.74, 6) is -0.0795. The number of carbonyl (C=O) groups excluding carboxylic acids is 2. The topological polar surface area (TPSA) is 70.2 Å². The number of rotatable bonds is 2. The lowest BCUT2D eigenvalue weighted by atomic mass is 9.97. The molecular weight excluding hydrogens is 242 g/mol. The third kappa shape index (κ3) is 2.41. The molecule has 19 heavy (non-hydrogen) atoms. The molecule has 1 aromatic carbocycles. The normalized spacial score (nSPS) is 21.3. The summed E-state index contributed by atoms with van der Waals surface area (Å²) in [5, 5.41) is 8.96. The summed E-state index contributed by atoms with van der Waals surface area (Å²) in [6.45, 7) is 1.48. The number of carbonyl (C=O) groups is 2. The summed E-state index contributed by atoms with van der Waals surface area (Å²) in [7, 11) is 0. The molecule has 3 rings (SSSR count). The second-order valence-corrected chi connectivity index (χ2v) is 5.04. The smallest absolute Gasteiger partial charge is 0.251 e.